The van der Waals surface area contributed by atoms with E-state index in [1.807, 2.05) is 0 Å². The van der Waals surface area contributed by atoms with Crippen molar-refractivity contribution in [3.63, 3.8) is 0 Å². The molecule has 72 valence electrons. The summed E-state index contributed by atoms with van der Waals surface area (Å²) in [5, 5.41) is 10.1. The van der Waals surface area contributed by atoms with Crippen molar-refractivity contribution in [2.24, 2.45) is 0 Å². The minimum Gasteiger partial charge on any atom is -0.373 e. The Bertz CT molecular complexity index is 385. The van der Waals surface area contributed by atoms with Crippen LogP contribution < -0.4 is 0 Å². The van der Waals surface area contributed by atoms with E-state index in [-0.39, 0.29) is 12.2 Å². The summed E-state index contributed by atoms with van der Waals surface area (Å²) in [6.07, 6.45) is 4.70. The van der Waals surface area contributed by atoms with Gasteiger partial charge in [0.25, 0.3) is 0 Å². The van der Waals surface area contributed by atoms with Crippen LogP contribution in [0, 0.1) is 11.3 Å². The van der Waals surface area contributed by atoms with Crippen LogP contribution in [0.3, 0.4) is 0 Å². The fourth-order valence-electron chi connectivity index (χ4n) is 2.47. The van der Waals surface area contributed by atoms with Crippen molar-refractivity contribution >= 4 is 11.5 Å². The molecule has 0 aromatic carbocycles. The van der Waals surface area contributed by atoms with Crippen molar-refractivity contribution in [2.75, 3.05) is 0 Å². The Morgan fingerprint density at radius 1 is 1.64 bits per heavy atom. The molecule has 2 aliphatic rings. The number of ether oxygens (including phenoxy) is 1. The molecule has 1 aromatic rings. The van der Waals surface area contributed by atoms with Crippen LogP contribution in [-0.4, -0.2) is 21.6 Å². The zero-order valence-corrected chi connectivity index (χ0v) is 8.33. The topological polar surface area (TPSA) is 58.8 Å². The van der Waals surface area contributed by atoms with Gasteiger partial charge in [0.15, 0.2) is 0 Å². The summed E-state index contributed by atoms with van der Waals surface area (Å²) >= 11 is 1.32. The molecule has 2 fully saturated rings. The predicted molar refractivity (Wildman–Crippen MR) is 49.7 cm³/mol. The van der Waals surface area contributed by atoms with Gasteiger partial charge in [0, 0.05) is 6.42 Å². The second kappa shape index (κ2) is 2.75. The van der Waals surface area contributed by atoms with Crippen molar-refractivity contribution in [1.82, 2.24) is 9.36 Å². The number of hydrogen-bond acceptors (Lipinski definition) is 5. The van der Waals surface area contributed by atoms with Crippen LogP contribution in [0.1, 0.15) is 24.3 Å². The maximum Gasteiger partial charge on any atom is 0.139 e. The maximum absolute atomic E-state index is 9.32. The molecule has 0 saturated carbocycles. The SMILES string of the molecule is N#CC1(c2ncns2)CC2CCC1O2. The van der Waals surface area contributed by atoms with Crippen LogP contribution in [-0.2, 0) is 10.2 Å². The lowest BCUT2D eigenvalue weighted by molar-refractivity contribution is 0.0930. The molecule has 0 aliphatic carbocycles. The van der Waals surface area contributed by atoms with Gasteiger partial charge in [-0.05, 0) is 24.4 Å². The minimum atomic E-state index is -0.496. The van der Waals surface area contributed by atoms with Crippen LogP contribution in [0.4, 0.5) is 0 Å². The molecule has 2 saturated heterocycles. The Hall–Kier alpha value is -0.990. The summed E-state index contributed by atoms with van der Waals surface area (Å²) in [6, 6.07) is 2.39. The van der Waals surface area contributed by atoms with E-state index < -0.39 is 5.41 Å². The lowest BCUT2D eigenvalue weighted by atomic mass is 9.75. The Kier molecular flexibility index (Phi) is 1.64. The van der Waals surface area contributed by atoms with Gasteiger partial charge in [0.1, 0.15) is 16.7 Å². The predicted octanol–water partition coefficient (Wildman–Crippen LogP) is 1.25. The number of nitriles is 1. The molecule has 3 rings (SSSR count). The monoisotopic (exact) mass is 207 g/mol. The van der Waals surface area contributed by atoms with E-state index in [0.29, 0.717) is 0 Å². The Morgan fingerprint density at radius 2 is 2.57 bits per heavy atom. The molecule has 2 aliphatic heterocycles. The largest absolute Gasteiger partial charge is 0.373 e. The summed E-state index contributed by atoms with van der Waals surface area (Å²) in [5.41, 5.74) is -0.496. The van der Waals surface area contributed by atoms with Crippen LogP contribution >= 0.6 is 11.5 Å². The zero-order chi connectivity index (χ0) is 9.60. The normalized spacial score (nSPS) is 39.9. The molecule has 0 spiro atoms. The van der Waals surface area contributed by atoms with Crippen molar-refractivity contribution in [1.29, 1.82) is 5.26 Å². The van der Waals surface area contributed by atoms with Gasteiger partial charge in [-0.15, -0.1) is 0 Å². The smallest absolute Gasteiger partial charge is 0.139 e. The standard InChI is InChI=1S/C9H9N3OS/c10-4-9(8-11-5-12-14-8)3-6-1-2-7(9)13-6/h5-7H,1-3H2. The molecular formula is C9H9N3OS. The number of aromatic nitrogens is 2. The van der Waals surface area contributed by atoms with E-state index in [4.69, 9.17) is 4.74 Å². The van der Waals surface area contributed by atoms with E-state index in [1.54, 1.807) is 0 Å². The quantitative estimate of drug-likeness (QED) is 0.695. The van der Waals surface area contributed by atoms with Crippen LogP contribution in [0.2, 0.25) is 0 Å². The van der Waals surface area contributed by atoms with Crippen LogP contribution in [0.15, 0.2) is 6.33 Å². The highest BCUT2D eigenvalue weighted by molar-refractivity contribution is 7.05. The Labute approximate surface area is 85.7 Å². The molecule has 3 atom stereocenters. The van der Waals surface area contributed by atoms with Crippen molar-refractivity contribution in [3.8, 4) is 6.07 Å². The maximum atomic E-state index is 9.32. The zero-order valence-electron chi connectivity index (χ0n) is 7.51. The summed E-state index contributed by atoms with van der Waals surface area (Å²) in [5.74, 6) is 0. The number of hydrogen-bond donors (Lipinski definition) is 0. The molecule has 2 bridgehead atoms. The first-order valence-corrected chi connectivity index (χ1v) is 5.46. The molecule has 0 N–H and O–H groups in total. The molecule has 14 heavy (non-hydrogen) atoms. The molecule has 5 heteroatoms. The molecule has 4 nitrogen and oxygen atoms in total. The van der Waals surface area contributed by atoms with E-state index in [1.165, 1.54) is 17.9 Å². The van der Waals surface area contributed by atoms with E-state index in [9.17, 15) is 5.26 Å². The van der Waals surface area contributed by atoms with Gasteiger partial charge in [-0.1, -0.05) is 0 Å². The lowest BCUT2D eigenvalue weighted by Gasteiger charge is -2.24. The highest BCUT2D eigenvalue weighted by Crippen LogP contribution is 2.49. The van der Waals surface area contributed by atoms with Gasteiger partial charge in [-0.3, -0.25) is 0 Å². The third-order valence-electron chi connectivity index (χ3n) is 3.15. The first-order valence-electron chi connectivity index (χ1n) is 4.69. The van der Waals surface area contributed by atoms with E-state index in [2.05, 4.69) is 15.4 Å². The second-order valence-corrected chi connectivity index (χ2v) is 4.64. The first-order chi connectivity index (χ1) is 6.85. The van der Waals surface area contributed by atoms with Crippen molar-refractivity contribution < 1.29 is 4.74 Å². The molecule has 3 unspecified atom stereocenters. The highest BCUT2D eigenvalue weighted by atomic mass is 32.1. The van der Waals surface area contributed by atoms with E-state index in [0.717, 1.165) is 24.3 Å². The third kappa shape index (κ3) is 0.900. The average Bonchev–Trinajstić information content (AvgIpc) is 2.93. The number of nitrogens with zero attached hydrogens (tertiary/aromatic N) is 3. The number of rotatable bonds is 1. The number of fused-ring (bicyclic) bond motifs is 2. The fraction of sp³-hybridized carbons (Fsp3) is 0.667. The van der Waals surface area contributed by atoms with Gasteiger partial charge in [0.2, 0.25) is 0 Å². The lowest BCUT2D eigenvalue weighted by Crippen LogP contribution is -2.35. The van der Waals surface area contributed by atoms with Gasteiger partial charge >= 0.3 is 0 Å². The summed E-state index contributed by atoms with van der Waals surface area (Å²) in [4.78, 5) is 4.16. The molecule has 0 amide bonds. The minimum absolute atomic E-state index is 0.0467. The van der Waals surface area contributed by atoms with Gasteiger partial charge < -0.3 is 4.74 Å². The van der Waals surface area contributed by atoms with Crippen molar-refractivity contribution in [2.45, 2.75) is 36.9 Å². The second-order valence-electron chi connectivity index (χ2n) is 3.86. The fourth-order valence-corrected chi connectivity index (χ4v) is 3.18. The van der Waals surface area contributed by atoms with Gasteiger partial charge in [0.05, 0.1) is 18.3 Å². The van der Waals surface area contributed by atoms with Crippen LogP contribution in [0.5, 0.6) is 0 Å². The molecule has 0 radical (unpaired) electrons. The Morgan fingerprint density at radius 3 is 3.07 bits per heavy atom. The first kappa shape index (κ1) is 8.33. The summed E-state index contributed by atoms with van der Waals surface area (Å²) < 4.78 is 9.69. The van der Waals surface area contributed by atoms with Gasteiger partial charge in [-0.25, -0.2) is 4.98 Å². The molecular weight excluding hydrogens is 198 g/mol. The molecule has 3 heterocycles. The van der Waals surface area contributed by atoms with E-state index >= 15 is 0 Å². The van der Waals surface area contributed by atoms with Crippen molar-refractivity contribution in [3.05, 3.63) is 11.3 Å². The summed E-state index contributed by atoms with van der Waals surface area (Å²) in [6.45, 7) is 0. The van der Waals surface area contributed by atoms with Crippen LogP contribution in [0.25, 0.3) is 0 Å². The summed E-state index contributed by atoms with van der Waals surface area (Å²) in [7, 11) is 0. The Balaban J connectivity index is 2.06. The molecule has 1 aromatic heterocycles. The highest BCUT2D eigenvalue weighted by Gasteiger charge is 2.55. The van der Waals surface area contributed by atoms with Gasteiger partial charge in [-0.2, -0.15) is 9.64 Å². The average molecular weight is 207 g/mol. The third-order valence-corrected chi connectivity index (χ3v) is 3.99.